The summed E-state index contributed by atoms with van der Waals surface area (Å²) in [6.45, 7) is 0. The molecular weight excluding hydrogens is 199 g/mol. The standard InChI is InChI=1S/C7H6Cl2N2O/c8-5-3-6(12)11(4-1-2-4)10-7(5)9/h3-4H,1-2H2. The van der Waals surface area contributed by atoms with E-state index in [9.17, 15) is 4.79 Å². The third-order valence-corrected chi connectivity index (χ3v) is 2.43. The highest BCUT2D eigenvalue weighted by Crippen LogP contribution is 2.33. The first-order valence-corrected chi connectivity index (χ1v) is 4.39. The van der Waals surface area contributed by atoms with Gasteiger partial charge in [-0.25, -0.2) is 4.68 Å². The van der Waals surface area contributed by atoms with Gasteiger partial charge in [0, 0.05) is 6.07 Å². The van der Waals surface area contributed by atoms with E-state index < -0.39 is 0 Å². The van der Waals surface area contributed by atoms with Crippen molar-refractivity contribution in [3.63, 3.8) is 0 Å². The maximum absolute atomic E-state index is 11.2. The van der Waals surface area contributed by atoms with Gasteiger partial charge in [0.1, 0.15) is 0 Å². The molecule has 1 saturated carbocycles. The summed E-state index contributed by atoms with van der Waals surface area (Å²) in [6, 6.07) is 1.54. The van der Waals surface area contributed by atoms with Crippen molar-refractivity contribution in [1.82, 2.24) is 9.78 Å². The van der Waals surface area contributed by atoms with E-state index >= 15 is 0 Å². The topological polar surface area (TPSA) is 34.9 Å². The quantitative estimate of drug-likeness (QED) is 0.701. The van der Waals surface area contributed by atoms with Crippen molar-refractivity contribution in [2.75, 3.05) is 0 Å². The minimum Gasteiger partial charge on any atom is -0.268 e. The molecule has 1 heterocycles. The molecule has 0 aliphatic heterocycles. The van der Waals surface area contributed by atoms with Gasteiger partial charge in [0.15, 0.2) is 5.15 Å². The predicted octanol–water partition coefficient (Wildman–Crippen LogP) is 1.88. The zero-order valence-corrected chi connectivity index (χ0v) is 7.64. The summed E-state index contributed by atoms with van der Waals surface area (Å²) in [5.41, 5.74) is -0.174. The van der Waals surface area contributed by atoms with E-state index in [1.807, 2.05) is 0 Å². The molecule has 1 aliphatic carbocycles. The second-order valence-corrected chi connectivity index (χ2v) is 3.56. The van der Waals surface area contributed by atoms with E-state index in [2.05, 4.69) is 5.10 Å². The summed E-state index contributed by atoms with van der Waals surface area (Å²) in [6.07, 6.45) is 2.01. The summed E-state index contributed by atoms with van der Waals surface area (Å²) in [5, 5.41) is 4.29. The fourth-order valence-electron chi connectivity index (χ4n) is 1.01. The molecule has 0 atom stereocenters. The van der Waals surface area contributed by atoms with Crippen molar-refractivity contribution < 1.29 is 0 Å². The van der Waals surface area contributed by atoms with Crippen LogP contribution in [-0.2, 0) is 0 Å². The van der Waals surface area contributed by atoms with E-state index in [-0.39, 0.29) is 21.8 Å². The lowest BCUT2D eigenvalue weighted by Gasteiger charge is -2.01. The molecule has 5 heteroatoms. The molecule has 1 aromatic heterocycles. The van der Waals surface area contributed by atoms with Crippen molar-refractivity contribution >= 4 is 23.2 Å². The van der Waals surface area contributed by atoms with Crippen LogP contribution < -0.4 is 5.56 Å². The predicted molar refractivity (Wildman–Crippen MR) is 46.8 cm³/mol. The highest BCUT2D eigenvalue weighted by atomic mass is 35.5. The van der Waals surface area contributed by atoms with Gasteiger partial charge in [0.05, 0.1) is 11.1 Å². The second-order valence-electron chi connectivity index (χ2n) is 2.80. The molecule has 0 bridgehead atoms. The molecule has 0 amide bonds. The minimum absolute atomic E-state index is 0.174. The number of halogens is 2. The average molecular weight is 205 g/mol. The third-order valence-electron chi connectivity index (χ3n) is 1.76. The summed E-state index contributed by atoms with van der Waals surface area (Å²) in [7, 11) is 0. The van der Waals surface area contributed by atoms with Crippen LogP contribution in [0.4, 0.5) is 0 Å². The second kappa shape index (κ2) is 2.75. The smallest absolute Gasteiger partial charge is 0.268 e. The molecule has 0 aromatic carbocycles. The fraction of sp³-hybridized carbons (Fsp3) is 0.429. The van der Waals surface area contributed by atoms with Gasteiger partial charge >= 0.3 is 0 Å². The van der Waals surface area contributed by atoms with Gasteiger partial charge < -0.3 is 0 Å². The minimum atomic E-state index is -0.174. The first-order valence-electron chi connectivity index (χ1n) is 3.63. The zero-order chi connectivity index (χ0) is 8.72. The molecule has 12 heavy (non-hydrogen) atoms. The lowest BCUT2D eigenvalue weighted by molar-refractivity contribution is 0.599. The third kappa shape index (κ3) is 1.34. The Balaban J connectivity index is 2.55. The Labute approximate surface area is 78.9 Å². The van der Waals surface area contributed by atoms with Crippen LogP contribution in [-0.4, -0.2) is 9.78 Å². The number of hydrogen-bond acceptors (Lipinski definition) is 2. The van der Waals surface area contributed by atoms with Crippen LogP contribution in [0.15, 0.2) is 10.9 Å². The molecule has 1 aliphatic rings. The van der Waals surface area contributed by atoms with E-state index in [0.29, 0.717) is 0 Å². The Morgan fingerprint density at radius 1 is 1.50 bits per heavy atom. The first kappa shape index (κ1) is 8.08. The van der Waals surface area contributed by atoms with Crippen molar-refractivity contribution in [3.05, 3.63) is 26.6 Å². The Morgan fingerprint density at radius 3 is 2.75 bits per heavy atom. The van der Waals surface area contributed by atoms with Gasteiger partial charge in [0.2, 0.25) is 0 Å². The van der Waals surface area contributed by atoms with Crippen LogP contribution in [0.25, 0.3) is 0 Å². The van der Waals surface area contributed by atoms with E-state index in [1.165, 1.54) is 10.7 Å². The number of nitrogens with zero attached hydrogens (tertiary/aromatic N) is 2. The Hall–Kier alpha value is -0.540. The normalized spacial score (nSPS) is 16.5. The maximum atomic E-state index is 11.2. The van der Waals surface area contributed by atoms with Gasteiger partial charge in [-0.3, -0.25) is 4.79 Å². The molecular formula is C7H6Cl2N2O. The van der Waals surface area contributed by atoms with Crippen LogP contribution >= 0.6 is 23.2 Å². The summed E-state index contributed by atoms with van der Waals surface area (Å²) < 4.78 is 1.40. The number of hydrogen-bond donors (Lipinski definition) is 0. The molecule has 0 spiro atoms. The highest BCUT2D eigenvalue weighted by molar-refractivity contribution is 6.41. The van der Waals surface area contributed by atoms with Gasteiger partial charge in [-0.2, -0.15) is 5.10 Å². The summed E-state index contributed by atoms with van der Waals surface area (Å²) >= 11 is 11.3. The summed E-state index contributed by atoms with van der Waals surface area (Å²) in [5.74, 6) is 0. The van der Waals surface area contributed by atoms with Crippen LogP contribution in [0.3, 0.4) is 0 Å². The van der Waals surface area contributed by atoms with Crippen LogP contribution in [0.2, 0.25) is 10.2 Å². The lowest BCUT2D eigenvalue weighted by atomic mass is 10.5. The number of rotatable bonds is 1. The molecule has 1 fully saturated rings. The van der Waals surface area contributed by atoms with Gasteiger partial charge in [-0.05, 0) is 12.8 Å². The van der Waals surface area contributed by atoms with Crippen molar-refractivity contribution in [3.8, 4) is 0 Å². The first-order chi connectivity index (χ1) is 5.68. The Kier molecular flexibility index (Phi) is 1.85. The van der Waals surface area contributed by atoms with E-state index in [0.717, 1.165) is 12.8 Å². The molecule has 0 radical (unpaired) electrons. The molecule has 2 rings (SSSR count). The average Bonchev–Trinajstić information content (AvgIpc) is 2.79. The highest BCUT2D eigenvalue weighted by Gasteiger charge is 2.26. The largest absolute Gasteiger partial charge is 0.268 e. The van der Waals surface area contributed by atoms with Gasteiger partial charge in [0.25, 0.3) is 5.56 Å². The summed E-state index contributed by atoms with van der Waals surface area (Å²) in [4.78, 5) is 11.2. The van der Waals surface area contributed by atoms with Crippen LogP contribution in [0.5, 0.6) is 0 Å². The Bertz CT molecular complexity index is 370. The maximum Gasteiger partial charge on any atom is 0.268 e. The Morgan fingerprint density at radius 2 is 2.17 bits per heavy atom. The molecule has 0 saturated heterocycles. The number of aromatic nitrogens is 2. The van der Waals surface area contributed by atoms with E-state index in [4.69, 9.17) is 23.2 Å². The van der Waals surface area contributed by atoms with Crippen LogP contribution in [0, 0.1) is 0 Å². The van der Waals surface area contributed by atoms with Gasteiger partial charge in [-0.1, -0.05) is 23.2 Å². The lowest BCUT2D eigenvalue weighted by Crippen LogP contribution is -2.20. The fourth-order valence-corrected chi connectivity index (χ4v) is 1.27. The molecule has 3 nitrogen and oxygen atoms in total. The van der Waals surface area contributed by atoms with Gasteiger partial charge in [-0.15, -0.1) is 0 Å². The SMILES string of the molecule is O=c1cc(Cl)c(Cl)nn1C1CC1. The molecule has 0 N–H and O–H groups in total. The zero-order valence-electron chi connectivity index (χ0n) is 6.13. The van der Waals surface area contributed by atoms with Crippen molar-refractivity contribution in [1.29, 1.82) is 0 Å². The van der Waals surface area contributed by atoms with Crippen molar-refractivity contribution in [2.24, 2.45) is 0 Å². The molecule has 64 valence electrons. The van der Waals surface area contributed by atoms with Crippen molar-refractivity contribution in [2.45, 2.75) is 18.9 Å². The monoisotopic (exact) mass is 204 g/mol. The van der Waals surface area contributed by atoms with E-state index in [1.54, 1.807) is 0 Å². The van der Waals surface area contributed by atoms with Crippen LogP contribution in [0.1, 0.15) is 18.9 Å². The molecule has 1 aromatic rings. The molecule has 0 unspecified atom stereocenters.